The van der Waals surface area contributed by atoms with Crippen molar-refractivity contribution in [2.75, 3.05) is 7.11 Å². The fraction of sp³-hybridized carbons (Fsp3) is 0.188. The number of ether oxygens (including phenoxy) is 1. The minimum Gasteiger partial charge on any atom is -0.496 e. The van der Waals surface area contributed by atoms with E-state index >= 15 is 0 Å². The molecule has 0 atom stereocenters. The summed E-state index contributed by atoms with van der Waals surface area (Å²) in [5, 5.41) is 0. The summed E-state index contributed by atoms with van der Waals surface area (Å²) in [5.74, 6) is 0.675. The molecule has 0 aliphatic rings. The molecule has 0 aliphatic heterocycles. The first kappa shape index (κ1) is 12.4. The Hall–Kier alpha value is -2.09. The van der Waals surface area contributed by atoms with E-state index in [0.29, 0.717) is 11.3 Å². The van der Waals surface area contributed by atoms with Gasteiger partial charge in [-0.1, -0.05) is 36.4 Å². The van der Waals surface area contributed by atoms with E-state index in [1.165, 1.54) is 5.56 Å². The van der Waals surface area contributed by atoms with Gasteiger partial charge in [0.2, 0.25) is 0 Å². The number of methoxy groups -OCH3 is 1. The lowest BCUT2D eigenvalue weighted by Gasteiger charge is -2.08. The molecule has 0 aliphatic carbocycles. The van der Waals surface area contributed by atoms with E-state index in [1.807, 2.05) is 36.4 Å². The van der Waals surface area contributed by atoms with Crippen molar-refractivity contribution in [3.63, 3.8) is 0 Å². The Kier molecular flexibility index (Phi) is 3.78. The summed E-state index contributed by atoms with van der Waals surface area (Å²) in [6.45, 7) is 1.55. The number of Topliss-reactive ketones (excluding diaryl/α,β-unsaturated/α-hetero) is 1. The topological polar surface area (TPSA) is 26.3 Å². The van der Waals surface area contributed by atoms with Gasteiger partial charge in [-0.15, -0.1) is 0 Å². The normalized spacial score (nSPS) is 10.1. The van der Waals surface area contributed by atoms with E-state index in [-0.39, 0.29) is 5.78 Å². The Morgan fingerprint density at radius 2 is 1.78 bits per heavy atom. The second-order valence-corrected chi connectivity index (χ2v) is 4.25. The van der Waals surface area contributed by atoms with Gasteiger partial charge in [0.25, 0.3) is 0 Å². The van der Waals surface area contributed by atoms with Crippen LogP contribution in [0.4, 0.5) is 0 Å². The molecule has 2 aromatic carbocycles. The maximum atomic E-state index is 11.4. The summed E-state index contributed by atoms with van der Waals surface area (Å²) >= 11 is 0. The first-order valence-electron chi connectivity index (χ1n) is 5.92. The van der Waals surface area contributed by atoms with Gasteiger partial charge in [0.15, 0.2) is 5.78 Å². The van der Waals surface area contributed by atoms with Crippen LogP contribution in [0.3, 0.4) is 0 Å². The Morgan fingerprint density at radius 1 is 1.06 bits per heavy atom. The molecule has 0 radical (unpaired) electrons. The Labute approximate surface area is 107 Å². The summed E-state index contributed by atoms with van der Waals surface area (Å²) < 4.78 is 5.26. The SMILES string of the molecule is COc1cc(Cc2ccccc2)ccc1C(C)=O. The van der Waals surface area contributed by atoms with Crippen LogP contribution in [0.2, 0.25) is 0 Å². The molecule has 2 nitrogen and oxygen atoms in total. The van der Waals surface area contributed by atoms with Gasteiger partial charge < -0.3 is 4.74 Å². The van der Waals surface area contributed by atoms with Crippen molar-refractivity contribution in [1.82, 2.24) is 0 Å². The zero-order valence-electron chi connectivity index (χ0n) is 10.6. The molecule has 0 N–H and O–H groups in total. The third kappa shape index (κ3) is 2.77. The van der Waals surface area contributed by atoms with E-state index in [9.17, 15) is 4.79 Å². The molecule has 2 rings (SSSR count). The van der Waals surface area contributed by atoms with Crippen molar-refractivity contribution in [1.29, 1.82) is 0 Å². The Balaban J connectivity index is 2.28. The van der Waals surface area contributed by atoms with Crippen molar-refractivity contribution in [3.05, 3.63) is 65.2 Å². The predicted molar refractivity (Wildman–Crippen MR) is 72.2 cm³/mol. The highest BCUT2D eigenvalue weighted by Crippen LogP contribution is 2.22. The fourth-order valence-electron chi connectivity index (χ4n) is 1.97. The van der Waals surface area contributed by atoms with Crippen molar-refractivity contribution < 1.29 is 9.53 Å². The van der Waals surface area contributed by atoms with Gasteiger partial charge in [-0.25, -0.2) is 0 Å². The second kappa shape index (κ2) is 5.50. The third-order valence-electron chi connectivity index (χ3n) is 2.90. The molecule has 18 heavy (non-hydrogen) atoms. The van der Waals surface area contributed by atoms with Crippen molar-refractivity contribution in [2.24, 2.45) is 0 Å². The number of hydrogen-bond acceptors (Lipinski definition) is 2. The maximum Gasteiger partial charge on any atom is 0.163 e. The maximum absolute atomic E-state index is 11.4. The molecule has 0 saturated heterocycles. The lowest BCUT2D eigenvalue weighted by atomic mass is 10.0. The largest absolute Gasteiger partial charge is 0.496 e. The van der Waals surface area contributed by atoms with E-state index < -0.39 is 0 Å². The molecule has 0 spiro atoms. The molecule has 0 unspecified atom stereocenters. The highest BCUT2D eigenvalue weighted by Gasteiger charge is 2.08. The van der Waals surface area contributed by atoms with Gasteiger partial charge >= 0.3 is 0 Å². The number of hydrogen-bond donors (Lipinski definition) is 0. The van der Waals surface area contributed by atoms with Gasteiger partial charge in [-0.3, -0.25) is 4.79 Å². The third-order valence-corrected chi connectivity index (χ3v) is 2.90. The highest BCUT2D eigenvalue weighted by molar-refractivity contribution is 5.96. The first-order valence-corrected chi connectivity index (χ1v) is 5.92. The van der Waals surface area contributed by atoms with Crippen molar-refractivity contribution in [3.8, 4) is 5.75 Å². The molecule has 0 bridgehead atoms. The minimum absolute atomic E-state index is 0.0260. The summed E-state index contributed by atoms with van der Waals surface area (Å²) in [5.41, 5.74) is 3.02. The molecule has 2 aromatic rings. The minimum atomic E-state index is 0.0260. The zero-order valence-corrected chi connectivity index (χ0v) is 10.6. The number of benzene rings is 2. The number of carbonyl (C=O) groups excluding carboxylic acids is 1. The van der Waals surface area contributed by atoms with Crippen LogP contribution in [0.25, 0.3) is 0 Å². The summed E-state index contributed by atoms with van der Waals surface area (Å²) in [6.07, 6.45) is 0.843. The van der Waals surface area contributed by atoms with Crippen LogP contribution in [0.5, 0.6) is 5.75 Å². The standard InChI is InChI=1S/C16H16O2/c1-12(17)15-9-8-14(11-16(15)18-2)10-13-6-4-3-5-7-13/h3-9,11H,10H2,1-2H3. The van der Waals surface area contributed by atoms with Gasteiger partial charge in [0, 0.05) is 0 Å². The van der Waals surface area contributed by atoms with Gasteiger partial charge in [0.05, 0.1) is 12.7 Å². The van der Waals surface area contributed by atoms with Crippen LogP contribution in [0.15, 0.2) is 48.5 Å². The van der Waals surface area contributed by atoms with Crippen LogP contribution in [0, 0.1) is 0 Å². The van der Waals surface area contributed by atoms with Gasteiger partial charge in [-0.2, -0.15) is 0 Å². The average molecular weight is 240 g/mol. The van der Waals surface area contributed by atoms with Gasteiger partial charge in [0.1, 0.15) is 5.75 Å². The summed E-state index contributed by atoms with van der Waals surface area (Å²) in [6, 6.07) is 16.0. The predicted octanol–water partition coefficient (Wildman–Crippen LogP) is 3.49. The quantitative estimate of drug-likeness (QED) is 0.765. The smallest absolute Gasteiger partial charge is 0.163 e. The molecule has 0 heterocycles. The molecular weight excluding hydrogens is 224 g/mol. The van der Waals surface area contributed by atoms with Crippen LogP contribution in [-0.4, -0.2) is 12.9 Å². The first-order chi connectivity index (χ1) is 8.70. The van der Waals surface area contributed by atoms with Gasteiger partial charge in [-0.05, 0) is 36.6 Å². The molecule has 0 amide bonds. The fourth-order valence-corrected chi connectivity index (χ4v) is 1.97. The average Bonchev–Trinajstić information content (AvgIpc) is 2.39. The summed E-state index contributed by atoms with van der Waals surface area (Å²) in [7, 11) is 1.59. The molecule has 92 valence electrons. The molecular formula is C16H16O2. The van der Waals surface area contributed by atoms with E-state index in [1.54, 1.807) is 14.0 Å². The second-order valence-electron chi connectivity index (χ2n) is 4.25. The zero-order chi connectivity index (χ0) is 13.0. The van der Waals surface area contributed by atoms with Crippen molar-refractivity contribution >= 4 is 5.78 Å². The molecule has 0 fully saturated rings. The van der Waals surface area contributed by atoms with E-state index in [0.717, 1.165) is 12.0 Å². The van der Waals surface area contributed by atoms with Crippen molar-refractivity contribution in [2.45, 2.75) is 13.3 Å². The highest BCUT2D eigenvalue weighted by atomic mass is 16.5. The van der Waals surface area contributed by atoms with Crippen LogP contribution in [-0.2, 0) is 6.42 Å². The lowest BCUT2D eigenvalue weighted by Crippen LogP contribution is -1.99. The van der Waals surface area contributed by atoms with E-state index in [2.05, 4.69) is 12.1 Å². The number of ketones is 1. The molecule has 2 heteroatoms. The lowest BCUT2D eigenvalue weighted by molar-refractivity contribution is 0.101. The molecule has 0 aromatic heterocycles. The summed E-state index contributed by atoms with van der Waals surface area (Å²) in [4.78, 5) is 11.4. The number of rotatable bonds is 4. The van der Waals surface area contributed by atoms with Crippen LogP contribution < -0.4 is 4.74 Å². The Morgan fingerprint density at radius 3 is 2.39 bits per heavy atom. The van der Waals surface area contributed by atoms with E-state index in [4.69, 9.17) is 4.74 Å². The van der Waals surface area contributed by atoms with Crippen LogP contribution >= 0.6 is 0 Å². The Bertz CT molecular complexity index is 544. The monoisotopic (exact) mass is 240 g/mol. The van der Waals surface area contributed by atoms with Crippen LogP contribution in [0.1, 0.15) is 28.4 Å². The molecule has 0 saturated carbocycles. The number of carbonyl (C=O) groups is 1.